The molecule has 11 heteroatoms. The lowest BCUT2D eigenvalue weighted by molar-refractivity contribution is -0.173. The normalized spacial score (nSPS) is 21.5. The van der Waals surface area contributed by atoms with Crippen molar-refractivity contribution in [2.24, 2.45) is 0 Å². The van der Waals surface area contributed by atoms with Gasteiger partial charge in [-0.2, -0.15) is 18.3 Å². The monoisotopic (exact) mass is 453 g/mol. The number of hydrogen-bond donors (Lipinski definition) is 2. The second-order valence-electron chi connectivity index (χ2n) is 7.83. The highest BCUT2D eigenvalue weighted by molar-refractivity contribution is 5.93. The predicted molar refractivity (Wildman–Crippen MR) is 111 cm³/mol. The lowest BCUT2D eigenvalue weighted by Crippen LogP contribution is -2.41. The molecular weight excluding hydrogens is 427 g/mol. The predicted octanol–water partition coefficient (Wildman–Crippen LogP) is 2.61. The number of anilines is 1. The number of carbonyl (C=O) groups is 1. The van der Waals surface area contributed by atoms with Crippen LogP contribution < -0.4 is 15.4 Å². The molecular formula is C21H26F3N5O3. The fraction of sp³-hybridized carbons (Fsp3) is 0.524. The Morgan fingerprint density at radius 2 is 2.00 bits per heavy atom. The van der Waals surface area contributed by atoms with E-state index in [0.717, 1.165) is 17.8 Å². The fourth-order valence-corrected chi connectivity index (χ4v) is 3.98. The minimum atomic E-state index is -4.50. The number of carbonyl (C=O) groups excluding carboxylic acids is 1. The number of benzene rings is 1. The van der Waals surface area contributed by atoms with Gasteiger partial charge < -0.3 is 20.1 Å². The molecule has 1 amide bonds. The van der Waals surface area contributed by atoms with Crippen LogP contribution >= 0.6 is 0 Å². The number of halogens is 3. The first-order chi connectivity index (χ1) is 15.3. The number of morpholine rings is 1. The number of rotatable bonds is 6. The van der Waals surface area contributed by atoms with Gasteiger partial charge in [-0.1, -0.05) is 12.1 Å². The number of alkyl halides is 3. The van der Waals surface area contributed by atoms with Gasteiger partial charge in [-0.25, -0.2) is 4.68 Å². The van der Waals surface area contributed by atoms with Crippen molar-refractivity contribution in [1.82, 2.24) is 20.0 Å². The van der Waals surface area contributed by atoms with Gasteiger partial charge >= 0.3 is 6.18 Å². The molecule has 0 aliphatic carbocycles. The van der Waals surface area contributed by atoms with Gasteiger partial charge in [0.2, 0.25) is 0 Å². The van der Waals surface area contributed by atoms with Crippen LogP contribution in [-0.4, -0.2) is 73.3 Å². The summed E-state index contributed by atoms with van der Waals surface area (Å²) in [5.41, 5.74) is 0.656. The Bertz CT molecular complexity index is 926. The summed E-state index contributed by atoms with van der Waals surface area (Å²) in [6.07, 6.45) is -4.74. The van der Waals surface area contributed by atoms with Crippen LogP contribution in [0.3, 0.4) is 0 Å². The van der Waals surface area contributed by atoms with Crippen molar-refractivity contribution >= 4 is 11.7 Å². The maximum absolute atomic E-state index is 13.8. The molecule has 0 saturated carbocycles. The highest BCUT2D eigenvalue weighted by Gasteiger charge is 2.46. The zero-order chi connectivity index (χ0) is 22.7. The molecule has 2 atom stereocenters. The maximum Gasteiger partial charge on any atom is 0.410 e. The molecule has 2 aliphatic rings. The minimum Gasteiger partial charge on any atom is -0.497 e. The highest BCUT2D eigenvalue weighted by Crippen LogP contribution is 2.43. The van der Waals surface area contributed by atoms with Crippen molar-refractivity contribution in [3.63, 3.8) is 0 Å². The van der Waals surface area contributed by atoms with E-state index in [1.807, 2.05) is 0 Å². The number of nitrogens with one attached hydrogen (secondary N) is 2. The topological polar surface area (TPSA) is 80.7 Å². The summed E-state index contributed by atoms with van der Waals surface area (Å²) in [5.74, 6) is 0.291. The van der Waals surface area contributed by atoms with Gasteiger partial charge in [-0.05, 0) is 17.7 Å². The smallest absolute Gasteiger partial charge is 0.410 e. The number of hydrogen-bond acceptors (Lipinski definition) is 6. The molecule has 1 aromatic carbocycles. The van der Waals surface area contributed by atoms with Crippen LogP contribution in [0.5, 0.6) is 5.75 Å². The largest absolute Gasteiger partial charge is 0.497 e. The lowest BCUT2D eigenvalue weighted by Gasteiger charge is -2.33. The first-order valence-electron chi connectivity index (χ1n) is 10.5. The van der Waals surface area contributed by atoms with Crippen LogP contribution in [0.25, 0.3) is 0 Å². The van der Waals surface area contributed by atoms with Crippen LogP contribution in [0.2, 0.25) is 0 Å². The molecule has 2 N–H and O–H groups in total. The molecule has 174 valence electrons. The average molecular weight is 453 g/mol. The summed E-state index contributed by atoms with van der Waals surface area (Å²) in [5, 5.41) is 9.83. The van der Waals surface area contributed by atoms with Crippen molar-refractivity contribution in [3.05, 3.63) is 41.6 Å². The molecule has 32 heavy (non-hydrogen) atoms. The summed E-state index contributed by atoms with van der Waals surface area (Å²) in [7, 11) is 1.53. The van der Waals surface area contributed by atoms with Gasteiger partial charge in [0.05, 0.1) is 26.4 Å². The van der Waals surface area contributed by atoms with Gasteiger partial charge in [-0.3, -0.25) is 9.69 Å². The molecule has 4 rings (SSSR count). The van der Waals surface area contributed by atoms with Crippen molar-refractivity contribution < 1.29 is 27.4 Å². The van der Waals surface area contributed by atoms with Crippen molar-refractivity contribution in [2.75, 3.05) is 51.8 Å². The number of aromatic nitrogens is 2. The molecule has 2 aliphatic heterocycles. The summed E-state index contributed by atoms with van der Waals surface area (Å²) < 4.78 is 52.7. The number of ether oxygens (including phenoxy) is 2. The van der Waals surface area contributed by atoms with Crippen LogP contribution in [0.15, 0.2) is 30.3 Å². The number of methoxy groups -OCH3 is 1. The van der Waals surface area contributed by atoms with E-state index in [2.05, 4.69) is 20.6 Å². The van der Waals surface area contributed by atoms with E-state index in [-0.39, 0.29) is 17.9 Å². The third-order valence-corrected chi connectivity index (χ3v) is 5.76. The molecule has 0 radical (unpaired) electrons. The zero-order valence-electron chi connectivity index (χ0n) is 17.7. The summed E-state index contributed by atoms with van der Waals surface area (Å²) >= 11 is 0. The molecule has 1 fully saturated rings. The SMILES string of the molecule is COc1ccc([C@@H]2C[C@H](C(F)(F)F)n3nc(C(=O)NCCN4CCOCC4)cc3N2)cc1. The van der Waals surface area contributed by atoms with E-state index < -0.39 is 24.2 Å². The number of nitrogens with zero attached hydrogens (tertiary/aromatic N) is 3. The van der Waals surface area contributed by atoms with E-state index in [1.54, 1.807) is 24.3 Å². The van der Waals surface area contributed by atoms with Crippen LogP contribution in [0, 0.1) is 0 Å². The molecule has 1 aromatic heterocycles. The van der Waals surface area contributed by atoms with E-state index in [4.69, 9.17) is 9.47 Å². The standard InChI is InChI=1S/C21H26F3N5O3/c1-31-15-4-2-14(3-5-15)16-12-18(21(22,23)24)29-19(26-16)13-17(27-29)20(30)25-6-7-28-8-10-32-11-9-28/h2-5,13,16,18,26H,6-12H2,1H3,(H,25,30)/t16-,18+/m0/s1. The Morgan fingerprint density at radius 3 is 2.66 bits per heavy atom. The Morgan fingerprint density at radius 1 is 1.28 bits per heavy atom. The second-order valence-corrected chi connectivity index (χ2v) is 7.83. The van der Waals surface area contributed by atoms with Crippen molar-refractivity contribution in [3.8, 4) is 5.75 Å². The summed E-state index contributed by atoms with van der Waals surface area (Å²) in [6.45, 7) is 3.91. The average Bonchev–Trinajstić information content (AvgIpc) is 3.23. The Hall–Kier alpha value is -2.79. The quantitative estimate of drug-likeness (QED) is 0.700. The molecule has 8 nitrogen and oxygen atoms in total. The Labute approximate surface area is 183 Å². The van der Waals surface area contributed by atoms with Gasteiger partial charge in [0.1, 0.15) is 11.6 Å². The van der Waals surface area contributed by atoms with E-state index in [1.165, 1.54) is 13.2 Å². The van der Waals surface area contributed by atoms with E-state index in [0.29, 0.717) is 37.6 Å². The molecule has 0 bridgehead atoms. The van der Waals surface area contributed by atoms with Crippen molar-refractivity contribution in [1.29, 1.82) is 0 Å². The minimum absolute atomic E-state index is 0.0425. The lowest BCUT2D eigenvalue weighted by atomic mass is 9.97. The molecule has 3 heterocycles. The fourth-order valence-electron chi connectivity index (χ4n) is 3.98. The van der Waals surface area contributed by atoms with Gasteiger partial charge in [0, 0.05) is 38.7 Å². The first-order valence-corrected chi connectivity index (χ1v) is 10.5. The Balaban J connectivity index is 1.47. The maximum atomic E-state index is 13.8. The first kappa shape index (κ1) is 22.4. The van der Waals surface area contributed by atoms with Crippen LogP contribution in [0.4, 0.5) is 19.0 Å². The van der Waals surface area contributed by atoms with E-state index in [9.17, 15) is 18.0 Å². The number of amides is 1. The molecule has 1 saturated heterocycles. The summed E-state index contributed by atoms with van der Waals surface area (Å²) in [6, 6.07) is 5.84. The molecule has 0 spiro atoms. The highest BCUT2D eigenvalue weighted by atomic mass is 19.4. The van der Waals surface area contributed by atoms with Gasteiger partial charge in [0.15, 0.2) is 11.7 Å². The van der Waals surface area contributed by atoms with Gasteiger partial charge in [-0.15, -0.1) is 0 Å². The van der Waals surface area contributed by atoms with Gasteiger partial charge in [0.25, 0.3) is 5.91 Å². The molecule has 0 unspecified atom stereocenters. The summed E-state index contributed by atoms with van der Waals surface area (Å²) in [4.78, 5) is 14.7. The number of fused-ring (bicyclic) bond motifs is 1. The molecule has 2 aromatic rings. The third kappa shape index (κ3) is 4.99. The van der Waals surface area contributed by atoms with Crippen LogP contribution in [-0.2, 0) is 4.74 Å². The Kier molecular flexibility index (Phi) is 6.56. The van der Waals surface area contributed by atoms with Crippen molar-refractivity contribution in [2.45, 2.75) is 24.7 Å². The zero-order valence-corrected chi connectivity index (χ0v) is 17.7. The second kappa shape index (κ2) is 9.37. The third-order valence-electron chi connectivity index (χ3n) is 5.76. The van der Waals surface area contributed by atoms with Crippen LogP contribution in [0.1, 0.15) is 34.6 Å². The van der Waals surface area contributed by atoms with E-state index >= 15 is 0 Å².